The molecule has 2 aromatic rings. The van der Waals surface area contributed by atoms with E-state index in [0.717, 1.165) is 0 Å². The molecule has 1 aliphatic heterocycles. The highest BCUT2D eigenvalue weighted by Gasteiger charge is 2.26. The van der Waals surface area contributed by atoms with Crippen molar-refractivity contribution in [2.24, 2.45) is 0 Å². The molecule has 0 bridgehead atoms. The summed E-state index contributed by atoms with van der Waals surface area (Å²) in [6.45, 7) is 0.638. The van der Waals surface area contributed by atoms with Crippen LogP contribution in [0, 0.1) is 23.0 Å². The standard InChI is InChI=1S/C23H20F2N2O3/c1-29-21-5-3-15(11-19(21)24)9-17-13-27(8-7-26)14-18(23(17)28)10-16-4-6-22(30-2)20(25)12-16/h3-6,9-12H,8,13-14H2,1-2H3/b17-9-,18-10-. The molecule has 0 N–H and O–H groups in total. The van der Waals surface area contributed by atoms with Crippen LogP contribution in [0.1, 0.15) is 11.1 Å². The molecule has 0 unspecified atom stereocenters. The molecule has 30 heavy (non-hydrogen) atoms. The van der Waals surface area contributed by atoms with Crippen LogP contribution in [0.4, 0.5) is 8.78 Å². The summed E-state index contributed by atoms with van der Waals surface area (Å²) in [5.74, 6) is -1.07. The summed E-state index contributed by atoms with van der Waals surface area (Å²) in [5.41, 5.74) is 1.85. The molecule has 0 atom stereocenters. The Labute approximate surface area is 173 Å². The van der Waals surface area contributed by atoms with Crippen molar-refractivity contribution in [2.45, 2.75) is 0 Å². The fourth-order valence-electron chi connectivity index (χ4n) is 3.27. The average Bonchev–Trinajstić information content (AvgIpc) is 2.72. The molecule has 0 saturated carbocycles. The zero-order valence-electron chi connectivity index (χ0n) is 16.6. The summed E-state index contributed by atoms with van der Waals surface area (Å²) >= 11 is 0. The number of halogens is 2. The minimum atomic E-state index is -0.534. The number of nitriles is 1. The number of rotatable bonds is 5. The van der Waals surface area contributed by atoms with Crippen LogP contribution in [-0.4, -0.2) is 44.5 Å². The van der Waals surface area contributed by atoms with Gasteiger partial charge in [0.15, 0.2) is 28.9 Å². The zero-order chi connectivity index (χ0) is 21.7. The fourth-order valence-corrected chi connectivity index (χ4v) is 3.27. The summed E-state index contributed by atoms with van der Waals surface area (Å²) < 4.78 is 37.9. The van der Waals surface area contributed by atoms with Gasteiger partial charge in [-0.25, -0.2) is 8.78 Å². The van der Waals surface area contributed by atoms with Crippen LogP contribution in [0.3, 0.4) is 0 Å². The highest BCUT2D eigenvalue weighted by molar-refractivity contribution is 6.14. The normalized spacial score (nSPS) is 17.2. The minimum Gasteiger partial charge on any atom is -0.494 e. The van der Waals surface area contributed by atoms with Crippen LogP contribution >= 0.6 is 0 Å². The van der Waals surface area contributed by atoms with Crippen molar-refractivity contribution in [2.75, 3.05) is 33.9 Å². The molecule has 0 aromatic heterocycles. The van der Waals surface area contributed by atoms with E-state index in [1.165, 1.54) is 38.5 Å². The number of methoxy groups -OCH3 is 2. The zero-order valence-corrected chi connectivity index (χ0v) is 16.6. The van der Waals surface area contributed by atoms with Crippen molar-refractivity contribution < 1.29 is 23.0 Å². The molecule has 1 saturated heterocycles. The average molecular weight is 410 g/mol. The summed E-state index contributed by atoms with van der Waals surface area (Å²) in [7, 11) is 2.75. The van der Waals surface area contributed by atoms with Crippen molar-refractivity contribution >= 4 is 17.9 Å². The summed E-state index contributed by atoms with van der Waals surface area (Å²) in [6.07, 6.45) is 3.19. The van der Waals surface area contributed by atoms with Gasteiger partial charge >= 0.3 is 0 Å². The van der Waals surface area contributed by atoms with Gasteiger partial charge in [-0.3, -0.25) is 9.69 Å². The van der Waals surface area contributed by atoms with E-state index in [1.54, 1.807) is 29.2 Å². The predicted molar refractivity (Wildman–Crippen MR) is 109 cm³/mol. The number of nitrogens with zero attached hydrogens (tertiary/aromatic N) is 2. The summed E-state index contributed by atoms with van der Waals surface area (Å²) in [5, 5.41) is 9.08. The number of benzene rings is 2. The molecule has 0 radical (unpaired) electrons. The van der Waals surface area contributed by atoms with Gasteiger partial charge in [0.25, 0.3) is 0 Å². The van der Waals surface area contributed by atoms with Crippen LogP contribution < -0.4 is 9.47 Å². The number of ketones is 1. The van der Waals surface area contributed by atoms with E-state index in [2.05, 4.69) is 6.07 Å². The Morgan fingerprint density at radius 2 is 1.43 bits per heavy atom. The molecule has 5 nitrogen and oxygen atoms in total. The maximum atomic E-state index is 14.0. The first kappa shape index (κ1) is 21.2. The smallest absolute Gasteiger partial charge is 0.187 e. The molecule has 1 fully saturated rings. The van der Waals surface area contributed by atoms with Crippen LogP contribution in [0.15, 0.2) is 47.5 Å². The van der Waals surface area contributed by atoms with Gasteiger partial charge in [-0.2, -0.15) is 5.26 Å². The lowest BCUT2D eigenvalue weighted by Gasteiger charge is -2.27. The molecule has 0 aliphatic carbocycles. The number of carbonyl (C=O) groups excluding carboxylic acids is 1. The topological polar surface area (TPSA) is 62.6 Å². The van der Waals surface area contributed by atoms with E-state index in [4.69, 9.17) is 14.7 Å². The lowest BCUT2D eigenvalue weighted by Crippen LogP contribution is -2.37. The number of hydrogen-bond acceptors (Lipinski definition) is 5. The molecule has 1 heterocycles. The second-order valence-corrected chi connectivity index (χ2v) is 6.76. The van der Waals surface area contributed by atoms with Gasteiger partial charge in [0.1, 0.15) is 0 Å². The molecule has 1 aliphatic rings. The van der Waals surface area contributed by atoms with E-state index in [1.807, 2.05) is 0 Å². The van der Waals surface area contributed by atoms with Crippen LogP contribution in [0.25, 0.3) is 12.2 Å². The van der Waals surface area contributed by atoms with Crippen LogP contribution in [0.5, 0.6) is 11.5 Å². The lowest BCUT2D eigenvalue weighted by molar-refractivity contribution is -0.113. The third-order valence-corrected chi connectivity index (χ3v) is 4.70. The predicted octanol–water partition coefficient (Wildman–Crippen LogP) is 3.86. The molecule has 3 rings (SSSR count). The third-order valence-electron chi connectivity index (χ3n) is 4.70. The Kier molecular flexibility index (Phi) is 6.60. The number of ether oxygens (including phenoxy) is 2. The van der Waals surface area contributed by atoms with Gasteiger partial charge in [-0.15, -0.1) is 0 Å². The van der Waals surface area contributed by atoms with Gasteiger partial charge in [-0.05, 0) is 47.5 Å². The largest absolute Gasteiger partial charge is 0.494 e. The fraction of sp³-hybridized carbons (Fsp3) is 0.217. The SMILES string of the molecule is COc1ccc(/C=C2/CN(CC#N)C/C(=C/c3ccc(OC)c(F)c3)C2=O)cc1F. The van der Waals surface area contributed by atoms with E-state index < -0.39 is 11.6 Å². The molecule has 0 amide bonds. The highest BCUT2D eigenvalue weighted by atomic mass is 19.1. The van der Waals surface area contributed by atoms with Gasteiger partial charge < -0.3 is 9.47 Å². The van der Waals surface area contributed by atoms with Crippen LogP contribution in [-0.2, 0) is 4.79 Å². The Bertz CT molecular complexity index is 995. The molecule has 2 aromatic carbocycles. The number of piperidine rings is 1. The Morgan fingerprint density at radius 1 is 0.967 bits per heavy atom. The first-order chi connectivity index (χ1) is 14.4. The molecule has 0 spiro atoms. The number of hydrogen-bond donors (Lipinski definition) is 0. The first-order valence-electron chi connectivity index (χ1n) is 9.17. The van der Waals surface area contributed by atoms with Gasteiger partial charge in [0.2, 0.25) is 0 Å². The highest BCUT2D eigenvalue weighted by Crippen LogP contribution is 2.25. The van der Waals surface area contributed by atoms with Gasteiger partial charge in [0, 0.05) is 24.2 Å². The maximum absolute atomic E-state index is 14.0. The molecule has 154 valence electrons. The Morgan fingerprint density at radius 3 is 1.80 bits per heavy atom. The molecular weight excluding hydrogens is 390 g/mol. The summed E-state index contributed by atoms with van der Waals surface area (Å²) in [4.78, 5) is 14.8. The number of Topliss-reactive ketones (excluding diaryl/α,β-unsaturated/α-hetero) is 1. The van der Waals surface area contributed by atoms with E-state index in [9.17, 15) is 13.6 Å². The molecular formula is C23H20F2N2O3. The van der Waals surface area contributed by atoms with Crippen molar-refractivity contribution in [3.05, 3.63) is 70.3 Å². The number of carbonyl (C=O) groups is 1. The van der Waals surface area contributed by atoms with Gasteiger partial charge in [-0.1, -0.05) is 12.1 Å². The monoisotopic (exact) mass is 410 g/mol. The number of likely N-dealkylation sites (tertiary alicyclic amines) is 1. The first-order valence-corrected chi connectivity index (χ1v) is 9.17. The van der Waals surface area contributed by atoms with E-state index in [-0.39, 0.29) is 36.9 Å². The Balaban J connectivity index is 1.97. The van der Waals surface area contributed by atoms with Crippen molar-refractivity contribution in [1.82, 2.24) is 4.90 Å². The lowest BCUT2D eigenvalue weighted by atomic mass is 9.94. The summed E-state index contributed by atoms with van der Waals surface area (Å²) in [6, 6.07) is 10.9. The van der Waals surface area contributed by atoms with Gasteiger partial charge in [0.05, 0.1) is 26.8 Å². The van der Waals surface area contributed by atoms with Crippen molar-refractivity contribution in [3.63, 3.8) is 0 Å². The van der Waals surface area contributed by atoms with E-state index in [0.29, 0.717) is 22.3 Å². The van der Waals surface area contributed by atoms with Crippen LogP contribution in [0.2, 0.25) is 0 Å². The quantitative estimate of drug-likeness (QED) is 0.553. The second-order valence-electron chi connectivity index (χ2n) is 6.76. The van der Waals surface area contributed by atoms with E-state index >= 15 is 0 Å². The van der Waals surface area contributed by atoms with Crippen molar-refractivity contribution in [3.8, 4) is 17.6 Å². The molecule has 7 heteroatoms. The second kappa shape index (κ2) is 9.33. The van der Waals surface area contributed by atoms with Crippen molar-refractivity contribution in [1.29, 1.82) is 5.26 Å². The third kappa shape index (κ3) is 4.73. The minimum absolute atomic E-state index is 0.111. The maximum Gasteiger partial charge on any atom is 0.187 e. The Hall–Kier alpha value is -3.50.